The number of methoxy groups -OCH3 is 6. The molecule has 2 aliphatic rings. The molecule has 0 bridgehead atoms. The minimum absolute atomic E-state index is 0.123. The highest BCUT2D eigenvalue weighted by molar-refractivity contribution is 6.21. The Kier molecular flexibility index (Phi) is 10.5. The van der Waals surface area contributed by atoms with Crippen LogP contribution in [0.1, 0.15) is 22.3 Å². The van der Waals surface area contributed by atoms with Crippen LogP contribution in [0.25, 0.3) is 12.2 Å². The van der Waals surface area contributed by atoms with Crippen molar-refractivity contribution >= 4 is 35.6 Å². The third-order valence-corrected chi connectivity index (χ3v) is 8.56. The number of amidine groups is 2. The van der Waals surface area contributed by atoms with Gasteiger partial charge in [0, 0.05) is 24.2 Å². The Bertz CT molecular complexity index is 1950. The molecule has 0 saturated heterocycles. The summed E-state index contributed by atoms with van der Waals surface area (Å²) in [5.41, 5.74) is 3.27. The predicted octanol–water partition coefficient (Wildman–Crippen LogP) is 5.70. The van der Waals surface area contributed by atoms with Crippen LogP contribution in [0.2, 0.25) is 0 Å². The van der Waals surface area contributed by atoms with Gasteiger partial charge in [0.15, 0.2) is 23.0 Å². The Labute approximate surface area is 301 Å². The van der Waals surface area contributed by atoms with E-state index in [2.05, 4.69) is 0 Å². The SMILES string of the molecule is COc1ccc(C2=NC(=Cc3ccc(OC)c(OC)c3)C(=O)N2CCN2C(=O)C(=Cc3ccc(OC)c(OC)c3)N=C2c2ccc(OC)cc2)cc1. The molecule has 0 unspecified atom stereocenters. The van der Waals surface area contributed by atoms with Crippen molar-refractivity contribution in [1.29, 1.82) is 0 Å². The van der Waals surface area contributed by atoms with E-state index in [4.69, 9.17) is 38.4 Å². The van der Waals surface area contributed by atoms with Gasteiger partial charge in [-0.2, -0.15) is 0 Å². The Morgan fingerprint density at radius 2 is 0.846 bits per heavy atom. The highest BCUT2D eigenvalue weighted by atomic mass is 16.5. The van der Waals surface area contributed by atoms with E-state index in [9.17, 15) is 9.59 Å². The Balaban J connectivity index is 1.34. The predicted molar refractivity (Wildman–Crippen MR) is 198 cm³/mol. The maximum atomic E-state index is 14.1. The monoisotopic (exact) mass is 702 g/mol. The number of carbonyl (C=O) groups is 2. The molecule has 4 aromatic carbocycles. The molecule has 0 spiro atoms. The molecule has 0 aliphatic carbocycles. The number of carbonyl (C=O) groups excluding carboxylic acids is 2. The van der Waals surface area contributed by atoms with Crippen molar-refractivity contribution in [2.45, 2.75) is 0 Å². The zero-order valence-electron chi connectivity index (χ0n) is 29.7. The van der Waals surface area contributed by atoms with Gasteiger partial charge >= 0.3 is 0 Å². The molecule has 266 valence electrons. The molecule has 4 aromatic rings. The van der Waals surface area contributed by atoms with Crippen LogP contribution in [0.3, 0.4) is 0 Å². The number of ether oxygens (including phenoxy) is 6. The standard InChI is InChI=1S/C40H38N4O8/c1-47-29-13-9-27(10-14-29)37-41-31(21-25-7-17-33(49-3)35(23-25)51-5)39(45)43(37)19-20-44-38(28-11-15-30(48-2)16-12-28)42-32(40(44)46)22-26-8-18-34(50-4)36(24-26)52-6/h7-18,21-24H,19-20H2,1-6H3. The molecular formula is C40H38N4O8. The molecule has 0 atom stereocenters. The van der Waals surface area contributed by atoms with E-state index in [0.717, 1.165) is 0 Å². The lowest BCUT2D eigenvalue weighted by molar-refractivity contribution is -0.125. The lowest BCUT2D eigenvalue weighted by Gasteiger charge is -2.24. The minimum Gasteiger partial charge on any atom is -0.497 e. The lowest BCUT2D eigenvalue weighted by Crippen LogP contribution is -2.42. The number of nitrogens with zero attached hydrogens (tertiary/aromatic N) is 4. The fourth-order valence-electron chi connectivity index (χ4n) is 5.84. The van der Waals surface area contributed by atoms with Gasteiger partial charge in [0.2, 0.25) is 0 Å². The van der Waals surface area contributed by atoms with Crippen LogP contribution in [0.5, 0.6) is 34.5 Å². The Hall–Kier alpha value is -6.56. The van der Waals surface area contributed by atoms with Crippen LogP contribution in [-0.4, -0.2) is 89.0 Å². The zero-order valence-corrected chi connectivity index (χ0v) is 29.7. The molecule has 0 fully saturated rings. The second-order valence-electron chi connectivity index (χ2n) is 11.5. The number of amides is 2. The first-order chi connectivity index (χ1) is 25.3. The molecule has 2 heterocycles. The summed E-state index contributed by atoms with van der Waals surface area (Å²) in [6.45, 7) is 0.245. The van der Waals surface area contributed by atoms with E-state index in [0.29, 0.717) is 68.4 Å². The lowest BCUT2D eigenvalue weighted by atomic mass is 10.1. The van der Waals surface area contributed by atoms with Gasteiger partial charge in [-0.05, 0) is 96.1 Å². The molecule has 2 aliphatic heterocycles. The molecule has 2 amide bonds. The van der Waals surface area contributed by atoms with Crippen molar-refractivity contribution < 1.29 is 38.0 Å². The second-order valence-corrected chi connectivity index (χ2v) is 11.5. The Morgan fingerprint density at radius 3 is 1.17 bits per heavy atom. The largest absolute Gasteiger partial charge is 0.497 e. The molecule has 12 heteroatoms. The van der Waals surface area contributed by atoms with Gasteiger partial charge in [0.05, 0.1) is 42.7 Å². The zero-order chi connectivity index (χ0) is 36.8. The van der Waals surface area contributed by atoms with Crippen LogP contribution < -0.4 is 28.4 Å². The van der Waals surface area contributed by atoms with E-state index in [1.165, 1.54) is 0 Å². The normalized spacial score (nSPS) is 15.6. The number of aliphatic imine (C=N–C) groups is 2. The van der Waals surface area contributed by atoms with Gasteiger partial charge in [0.1, 0.15) is 34.6 Å². The molecule has 0 aromatic heterocycles. The van der Waals surface area contributed by atoms with Gasteiger partial charge in [-0.25, -0.2) is 9.98 Å². The average Bonchev–Trinajstić information content (AvgIpc) is 3.67. The number of hydrogen-bond donors (Lipinski definition) is 0. The molecule has 0 radical (unpaired) electrons. The summed E-state index contributed by atoms with van der Waals surface area (Å²) in [6, 6.07) is 25.3. The highest BCUT2D eigenvalue weighted by Gasteiger charge is 2.35. The molecular weight excluding hydrogens is 664 g/mol. The van der Waals surface area contributed by atoms with Crippen LogP contribution >= 0.6 is 0 Å². The van der Waals surface area contributed by atoms with Crippen molar-refractivity contribution in [3.8, 4) is 34.5 Å². The van der Waals surface area contributed by atoms with Crippen molar-refractivity contribution in [3.63, 3.8) is 0 Å². The maximum Gasteiger partial charge on any atom is 0.278 e. The molecule has 0 saturated carbocycles. The van der Waals surface area contributed by atoms with Crippen molar-refractivity contribution in [2.75, 3.05) is 55.7 Å². The van der Waals surface area contributed by atoms with Gasteiger partial charge in [0.25, 0.3) is 11.8 Å². The molecule has 6 rings (SSSR count). The third kappa shape index (κ3) is 7.17. The van der Waals surface area contributed by atoms with Crippen molar-refractivity contribution in [1.82, 2.24) is 9.80 Å². The summed E-state index contributed by atoms with van der Waals surface area (Å²) < 4.78 is 32.4. The summed E-state index contributed by atoms with van der Waals surface area (Å²) in [6.07, 6.45) is 3.39. The first-order valence-corrected chi connectivity index (χ1v) is 16.3. The summed E-state index contributed by atoms with van der Waals surface area (Å²) in [5, 5.41) is 0. The fraction of sp³-hybridized carbons (Fsp3) is 0.200. The maximum absolute atomic E-state index is 14.1. The summed E-state index contributed by atoms with van der Waals surface area (Å²) in [5.74, 6) is 3.74. The summed E-state index contributed by atoms with van der Waals surface area (Å²) in [4.78, 5) is 40.9. The molecule has 12 nitrogen and oxygen atoms in total. The number of hydrogen-bond acceptors (Lipinski definition) is 10. The van der Waals surface area contributed by atoms with E-state index in [1.54, 1.807) is 113 Å². The fourth-order valence-corrected chi connectivity index (χ4v) is 5.84. The van der Waals surface area contributed by atoms with Crippen LogP contribution in [0.15, 0.2) is 106 Å². The van der Waals surface area contributed by atoms with Crippen LogP contribution in [-0.2, 0) is 9.59 Å². The smallest absolute Gasteiger partial charge is 0.278 e. The van der Waals surface area contributed by atoms with Gasteiger partial charge in [-0.3, -0.25) is 19.4 Å². The van der Waals surface area contributed by atoms with Crippen LogP contribution in [0, 0.1) is 0 Å². The van der Waals surface area contributed by atoms with Gasteiger partial charge in [-0.1, -0.05) is 12.1 Å². The number of rotatable bonds is 13. The molecule has 52 heavy (non-hydrogen) atoms. The summed E-state index contributed by atoms with van der Waals surface area (Å²) >= 11 is 0. The highest BCUT2D eigenvalue weighted by Crippen LogP contribution is 2.32. The molecule has 0 N–H and O–H groups in total. The first-order valence-electron chi connectivity index (χ1n) is 16.3. The van der Waals surface area contributed by atoms with E-state index >= 15 is 0 Å². The quantitative estimate of drug-likeness (QED) is 0.163. The second kappa shape index (κ2) is 15.5. The van der Waals surface area contributed by atoms with E-state index in [1.807, 2.05) is 36.4 Å². The van der Waals surface area contributed by atoms with E-state index < -0.39 is 0 Å². The Morgan fingerprint density at radius 1 is 0.481 bits per heavy atom. The first kappa shape index (κ1) is 35.3. The summed E-state index contributed by atoms with van der Waals surface area (Å²) in [7, 11) is 9.40. The average molecular weight is 703 g/mol. The van der Waals surface area contributed by atoms with Crippen molar-refractivity contribution in [3.05, 3.63) is 119 Å². The third-order valence-electron chi connectivity index (χ3n) is 8.56. The van der Waals surface area contributed by atoms with Crippen LogP contribution in [0.4, 0.5) is 0 Å². The minimum atomic E-state index is -0.323. The van der Waals surface area contributed by atoms with E-state index in [-0.39, 0.29) is 36.3 Å². The van der Waals surface area contributed by atoms with Gasteiger partial charge < -0.3 is 28.4 Å². The van der Waals surface area contributed by atoms with Gasteiger partial charge in [-0.15, -0.1) is 0 Å². The number of benzene rings is 4. The topological polar surface area (TPSA) is 121 Å². The van der Waals surface area contributed by atoms with Crippen molar-refractivity contribution in [2.24, 2.45) is 9.98 Å².